The normalized spacial score (nSPS) is 11.1. The number of nitrogens with one attached hydrogen (secondary N) is 1. The van der Waals surface area contributed by atoms with Crippen molar-refractivity contribution < 1.29 is 27.5 Å². The van der Waals surface area contributed by atoms with Crippen LogP contribution in [0, 0.1) is 0 Å². The summed E-state index contributed by atoms with van der Waals surface area (Å²) >= 11 is 0. The van der Waals surface area contributed by atoms with Crippen molar-refractivity contribution in [3.8, 4) is 5.75 Å². The van der Waals surface area contributed by atoms with Crippen LogP contribution in [0.25, 0.3) is 0 Å². The van der Waals surface area contributed by atoms with Gasteiger partial charge in [0.25, 0.3) is 5.91 Å². The van der Waals surface area contributed by atoms with Crippen LogP contribution in [0.3, 0.4) is 0 Å². The zero-order chi connectivity index (χ0) is 21.4. The van der Waals surface area contributed by atoms with E-state index in [0.717, 1.165) is 10.6 Å². The number of sulfonamides is 1. The minimum atomic E-state index is -3.37. The number of rotatable bonds is 8. The van der Waals surface area contributed by atoms with E-state index in [2.05, 4.69) is 15.3 Å². The monoisotopic (exact) mass is 419 g/mol. The van der Waals surface area contributed by atoms with Crippen molar-refractivity contribution in [2.45, 2.75) is 0 Å². The summed E-state index contributed by atoms with van der Waals surface area (Å²) in [6.45, 7) is -0.210. The van der Waals surface area contributed by atoms with Gasteiger partial charge in [-0.05, 0) is 42.0 Å². The fraction of sp³-hybridized carbons (Fsp3) is 0.211. The predicted octanol–water partition coefficient (Wildman–Crippen LogP) is 1.40. The number of hydrazone groups is 1. The van der Waals surface area contributed by atoms with Gasteiger partial charge in [-0.2, -0.15) is 5.10 Å². The molecule has 0 spiro atoms. The van der Waals surface area contributed by atoms with Crippen molar-refractivity contribution in [1.29, 1.82) is 0 Å². The summed E-state index contributed by atoms with van der Waals surface area (Å²) < 4.78 is 34.0. The number of carbonyl (C=O) groups excluding carboxylic acids is 2. The van der Waals surface area contributed by atoms with Gasteiger partial charge >= 0.3 is 5.97 Å². The second kappa shape index (κ2) is 9.69. The molecule has 0 aromatic heterocycles. The molecule has 1 amide bonds. The summed E-state index contributed by atoms with van der Waals surface area (Å²) in [4.78, 5) is 23.3. The molecule has 0 saturated carbocycles. The minimum absolute atomic E-state index is 0.210. The number of amides is 1. The third kappa shape index (κ3) is 6.61. The highest BCUT2D eigenvalue weighted by atomic mass is 32.2. The van der Waals surface area contributed by atoms with Crippen LogP contribution in [0.15, 0.2) is 53.6 Å². The number of ether oxygens (including phenoxy) is 2. The van der Waals surface area contributed by atoms with Crippen LogP contribution in [0.5, 0.6) is 5.75 Å². The summed E-state index contributed by atoms with van der Waals surface area (Å²) in [7, 11) is -0.674. The Labute approximate surface area is 169 Å². The fourth-order valence-electron chi connectivity index (χ4n) is 2.13. The third-order valence-corrected chi connectivity index (χ3v) is 5.02. The minimum Gasteiger partial charge on any atom is -0.482 e. The Balaban J connectivity index is 1.96. The highest BCUT2D eigenvalue weighted by Crippen LogP contribution is 2.16. The summed E-state index contributed by atoms with van der Waals surface area (Å²) in [5.41, 5.74) is 3.80. The van der Waals surface area contributed by atoms with Crippen molar-refractivity contribution in [3.05, 3.63) is 59.7 Å². The average Bonchev–Trinajstić information content (AvgIpc) is 2.71. The van der Waals surface area contributed by atoms with E-state index in [1.807, 2.05) is 0 Å². The van der Waals surface area contributed by atoms with E-state index in [0.29, 0.717) is 22.6 Å². The first-order valence-corrected chi connectivity index (χ1v) is 10.2. The average molecular weight is 419 g/mol. The molecule has 2 rings (SSSR count). The first-order chi connectivity index (χ1) is 13.7. The number of hydrogen-bond donors (Lipinski definition) is 1. The van der Waals surface area contributed by atoms with Gasteiger partial charge in [0.2, 0.25) is 10.0 Å². The Morgan fingerprint density at radius 3 is 2.48 bits per heavy atom. The number of anilines is 1. The molecular formula is C19H21N3O6S. The standard InChI is InChI=1S/C19H21N3O6S/c1-22(29(3,25)26)16-9-7-15(8-10-16)19(24)21-20-12-14-5-4-6-17(11-14)28-13-18(23)27-2/h4-12H,13H2,1-3H3,(H,21,24)/b20-12-. The Hall–Kier alpha value is -3.40. The van der Waals surface area contributed by atoms with Gasteiger partial charge in [-0.25, -0.2) is 18.6 Å². The van der Waals surface area contributed by atoms with Gasteiger partial charge in [0.15, 0.2) is 6.61 Å². The first-order valence-electron chi connectivity index (χ1n) is 8.38. The van der Waals surface area contributed by atoms with E-state index in [9.17, 15) is 18.0 Å². The van der Waals surface area contributed by atoms with Crippen molar-refractivity contribution in [2.24, 2.45) is 5.10 Å². The molecule has 2 aromatic rings. The lowest BCUT2D eigenvalue weighted by Gasteiger charge is -2.16. The second-order valence-corrected chi connectivity index (χ2v) is 7.93. The number of carbonyl (C=O) groups is 2. The van der Waals surface area contributed by atoms with Crippen molar-refractivity contribution >= 4 is 33.8 Å². The summed E-state index contributed by atoms with van der Waals surface area (Å²) in [6.07, 6.45) is 2.52. The van der Waals surface area contributed by atoms with Crippen LogP contribution in [0.1, 0.15) is 15.9 Å². The SMILES string of the molecule is COC(=O)COc1cccc(/C=N\NC(=O)c2ccc(N(C)S(C)(=O)=O)cc2)c1. The van der Waals surface area contributed by atoms with Crippen LogP contribution >= 0.6 is 0 Å². The number of esters is 1. The molecule has 0 fully saturated rings. The molecule has 1 N–H and O–H groups in total. The quantitative estimate of drug-likeness (QED) is 0.393. The maximum absolute atomic E-state index is 12.2. The molecule has 2 aromatic carbocycles. The molecule has 0 atom stereocenters. The van der Waals surface area contributed by atoms with Crippen LogP contribution < -0.4 is 14.5 Å². The van der Waals surface area contributed by atoms with E-state index in [1.165, 1.54) is 44.6 Å². The Morgan fingerprint density at radius 2 is 1.86 bits per heavy atom. The van der Waals surface area contributed by atoms with Crippen molar-refractivity contribution in [1.82, 2.24) is 5.43 Å². The van der Waals surface area contributed by atoms with E-state index in [4.69, 9.17) is 4.74 Å². The van der Waals surface area contributed by atoms with Crippen molar-refractivity contribution in [3.63, 3.8) is 0 Å². The third-order valence-electron chi connectivity index (χ3n) is 3.81. The lowest BCUT2D eigenvalue weighted by atomic mass is 10.2. The number of benzene rings is 2. The van der Waals surface area contributed by atoms with Crippen LogP contribution in [0.4, 0.5) is 5.69 Å². The number of nitrogens with zero attached hydrogens (tertiary/aromatic N) is 2. The molecule has 0 bridgehead atoms. The van der Waals surface area contributed by atoms with Gasteiger partial charge in [-0.3, -0.25) is 9.10 Å². The smallest absolute Gasteiger partial charge is 0.343 e. The zero-order valence-electron chi connectivity index (χ0n) is 16.2. The summed E-state index contributed by atoms with van der Waals surface area (Å²) in [5, 5.41) is 3.89. The second-order valence-electron chi connectivity index (χ2n) is 5.91. The molecule has 154 valence electrons. The maximum atomic E-state index is 12.2. The summed E-state index contributed by atoms with van der Waals surface area (Å²) in [6, 6.07) is 12.8. The van der Waals surface area contributed by atoms with Gasteiger partial charge in [0.1, 0.15) is 5.75 Å². The molecule has 0 saturated heterocycles. The Morgan fingerprint density at radius 1 is 1.17 bits per heavy atom. The lowest BCUT2D eigenvalue weighted by molar-refractivity contribution is -0.142. The van der Waals surface area contributed by atoms with Crippen LogP contribution in [0.2, 0.25) is 0 Å². The van der Waals surface area contributed by atoms with Gasteiger partial charge in [-0.15, -0.1) is 0 Å². The lowest BCUT2D eigenvalue weighted by Crippen LogP contribution is -2.25. The van der Waals surface area contributed by atoms with E-state index < -0.39 is 21.9 Å². The molecule has 0 radical (unpaired) electrons. The van der Waals surface area contributed by atoms with Gasteiger partial charge in [-0.1, -0.05) is 12.1 Å². The first kappa shape index (κ1) is 21.9. The largest absolute Gasteiger partial charge is 0.482 e. The highest BCUT2D eigenvalue weighted by molar-refractivity contribution is 7.92. The van der Waals surface area contributed by atoms with E-state index in [-0.39, 0.29) is 6.61 Å². The summed E-state index contributed by atoms with van der Waals surface area (Å²) in [5.74, 6) is -0.491. The van der Waals surface area contributed by atoms with Crippen LogP contribution in [-0.4, -0.2) is 53.5 Å². The molecule has 0 aliphatic heterocycles. The molecule has 0 aliphatic carbocycles. The maximum Gasteiger partial charge on any atom is 0.343 e. The zero-order valence-corrected chi connectivity index (χ0v) is 17.0. The number of methoxy groups -OCH3 is 1. The molecule has 9 nitrogen and oxygen atoms in total. The molecule has 0 aliphatic rings. The van der Waals surface area contributed by atoms with Crippen LogP contribution in [-0.2, 0) is 19.6 Å². The molecule has 29 heavy (non-hydrogen) atoms. The van der Waals surface area contributed by atoms with Gasteiger partial charge in [0, 0.05) is 12.6 Å². The number of hydrogen-bond acceptors (Lipinski definition) is 7. The molecule has 10 heteroatoms. The molecule has 0 heterocycles. The van der Waals surface area contributed by atoms with Gasteiger partial charge < -0.3 is 9.47 Å². The Kier molecular flexibility index (Phi) is 7.32. The van der Waals surface area contributed by atoms with Gasteiger partial charge in [0.05, 0.1) is 25.3 Å². The molecule has 0 unspecified atom stereocenters. The topological polar surface area (TPSA) is 114 Å². The molecular weight excluding hydrogens is 398 g/mol. The highest BCUT2D eigenvalue weighted by Gasteiger charge is 2.12. The Bertz CT molecular complexity index is 1000. The fourth-order valence-corrected chi connectivity index (χ4v) is 2.63. The predicted molar refractivity (Wildman–Crippen MR) is 109 cm³/mol. The van der Waals surface area contributed by atoms with E-state index >= 15 is 0 Å². The van der Waals surface area contributed by atoms with Crippen molar-refractivity contribution in [2.75, 3.05) is 31.3 Å². The van der Waals surface area contributed by atoms with E-state index in [1.54, 1.807) is 24.3 Å².